The van der Waals surface area contributed by atoms with Gasteiger partial charge in [-0.3, -0.25) is 4.79 Å². The lowest BCUT2D eigenvalue weighted by molar-refractivity contribution is -0.142. The van der Waals surface area contributed by atoms with Crippen LogP contribution in [-0.2, 0) is 4.79 Å². The molecule has 4 aliphatic carbocycles. The molecule has 0 saturated heterocycles. The predicted octanol–water partition coefficient (Wildman–Crippen LogP) is 2.63. The monoisotopic (exact) mass is 302 g/mol. The molecule has 0 amide bonds. The van der Waals surface area contributed by atoms with Crippen LogP contribution < -0.4 is 0 Å². The molecule has 4 unspecified atom stereocenters. The maximum Gasteiger partial charge on any atom is 0.139 e. The summed E-state index contributed by atoms with van der Waals surface area (Å²) in [6.45, 7) is 4.29. The Hall–Kier alpha value is -0.930. The van der Waals surface area contributed by atoms with Crippen LogP contribution in [0.2, 0.25) is 0 Å². The minimum Gasteiger partial charge on any atom is -0.393 e. The fourth-order valence-corrected chi connectivity index (χ4v) is 6.22. The lowest BCUT2D eigenvalue weighted by atomic mass is 9.47. The third kappa shape index (κ3) is 1.73. The number of rotatable bonds is 0. The molecule has 4 rings (SSSR count). The molecule has 22 heavy (non-hydrogen) atoms. The van der Waals surface area contributed by atoms with Crippen molar-refractivity contribution in [3.63, 3.8) is 0 Å². The van der Waals surface area contributed by atoms with Crippen molar-refractivity contribution in [3.05, 3.63) is 23.8 Å². The van der Waals surface area contributed by atoms with Crippen LogP contribution >= 0.6 is 0 Å². The fourth-order valence-electron chi connectivity index (χ4n) is 6.22. The van der Waals surface area contributed by atoms with E-state index in [1.807, 2.05) is 12.2 Å². The number of carbonyl (C=O) groups excluding carboxylic acids is 1. The predicted molar refractivity (Wildman–Crippen MR) is 84.0 cm³/mol. The number of aliphatic hydroxyl groups is 2. The molecule has 3 saturated carbocycles. The molecule has 0 aliphatic heterocycles. The first-order chi connectivity index (χ1) is 10.4. The van der Waals surface area contributed by atoms with Crippen LogP contribution in [0, 0.1) is 28.6 Å². The van der Waals surface area contributed by atoms with E-state index in [4.69, 9.17) is 0 Å². The molecule has 0 radical (unpaired) electrons. The molecule has 7 atom stereocenters. The van der Waals surface area contributed by atoms with Crippen molar-refractivity contribution in [2.75, 3.05) is 0 Å². The first kappa shape index (κ1) is 14.6. The standard InChI is InChI=1S/C19H26O3/c1-18-8-7-12(20)9-11(18)3-4-13-14-5-6-16(22)19(14,2)10-15(21)17(13)18/h7-9,12-15,17,20-21H,3-6,10H2,1-2H3/t12?,13?,14?,15-,17?,18-,19-/m0/s1. The van der Waals surface area contributed by atoms with Gasteiger partial charge in [0.1, 0.15) is 5.78 Å². The zero-order valence-corrected chi connectivity index (χ0v) is 13.5. The van der Waals surface area contributed by atoms with Gasteiger partial charge in [-0.05, 0) is 37.5 Å². The van der Waals surface area contributed by atoms with Gasteiger partial charge >= 0.3 is 0 Å². The number of allylic oxidation sites excluding steroid dienone is 2. The van der Waals surface area contributed by atoms with E-state index in [1.54, 1.807) is 0 Å². The van der Waals surface area contributed by atoms with Crippen molar-refractivity contribution in [2.45, 2.75) is 58.2 Å². The van der Waals surface area contributed by atoms with Gasteiger partial charge < -0.3 is 10.2 Å². The van der Waals surface area contributed by atoms with Crippen LogP contribution in [0.3, 0.4) is 0 Å². The molecule has 0 bridgehead atoms. The topological polar surface area (TPSA) is 57.5 Å². The van der Waals surface area contributed by atoms with Gasteiger partial charge in [0.05, 0.1) is 12.2 Å². The molecule has 120 valence electrons. The van der Waals surface area contributed by atoms with Crippen LogP contribution in [-0.4, -0.2) is 28.2 Å². The average Bonchev–Trinajstić information content (AvgIpc) is 2.75. The van der Waals surface area contributed by atoms with E-state index in [-0.39, 0.29) is 16.7 Å². The van der Waals surface area contributed by atoms with Crippen molar-refractivity contribution in [1.29, 1.82) is 0 Å². The number of carbonyl (C=O) groups is 1. The Kier molecular flexibility index (Phi) is 3.03. The highest BCUT2D eigenvalue weighted by Gasteiger charge is 2.61. The molecule has 0 aromatic rings. The maximum absolute atomic E-state index is 12.4. The van der Waals surface area contributed by atoms with E-state index in [2.05, 4.69) is 19.9 Å². The summed E-state index contributed by atoms with van der Waals surface area (Å²) >= 11 is 0. The Balaban J connectivity index is 1.76. The first-order valence-corrected chi connectivity index (χ1v) is 8.66. The van der Waals surface area contributed by atoms with Gasteiger partial charge in [0.15, 0.2) is 0 Å². The van der Waals surface area contributed by atoms with E-state index in [9.17, 15) is 15.0 Å². The quantitative estimate of drug-likeness (QED) is 0.676. The highest BCUT2D eigenvalue weighted by Crippen LogP contribution is 2.63. The second-order valence-corrected chi connectivity index (χ2v) is 8.31. The molecule has 4 aliphatic rings. The Morgan fingerprint density at radius 1 is 1.18 bits per heavy atom. The van der Waals surface area contributed by atoms with Crippen molar-refractivity contribution in [2.24, 2.45) is 28.6 Å². The Labute approximate surface area is 132 Å². The smallest absolute Gasteiger partial charge is 0.139 e. The molecule has 0 spiro atoms. The van der Waals surface area contributed by atoms with E-state index in [1.165, 1.54) is 5.57 Å². The second-order valence-electron chi connectivity index (χ2n) is 8.31. The molecule has 0 aromatic heterocycles. The minimum atomic E-state index is -0.487. The summed E-state index contributed by atoms with van der Waals surface area (Å²) in [7, 11) is 0. The van der Waals surface area contributed by atoms with Gasteiger partial charge in [0.25, 0.3) is 0 Å². The highest BCUT2D eigenvalue weighted by atomic mass is 16.3. The van der Waals surface area contributed by atoms with E-state index < -0.39 is 12.2 Å². The molecule has 0 heterocycles. The summed E-state index contributed by atoms with van der Waals surface area (Å²) in [5.41, 5.74) is 0.806. The number of ketones is 1. The lowest BCUT2D eigenvalue weighted by Gasteiger charge is -2.57. The number of hydrogen-bond donors (Lipinski definition) is 2. The molecule has 3 fully saturated rings. The summed E-state index contributed by atoms with van der Waals surface area (Å²) < 4.78 is 0. The summed E-state index contributed by atoms with van der Waals surface area (Å²) in [6, 6.07) is 0. The number of aliphatic hydroxyl groups excluding tert-OH is 2. The van der Waals surface area contributed by atoms with Crippen LogP contribution in [0.15, 0.2) is 23.8 Å². The molecule has 3 heteroatoms. The third-order valence-corrected chi connectivity index (χ3v) is 7.31. The van der Waals surface area contributed by atoms with E-state index in [0.29, 0.717) is 30.5 Å². The summed E-state index contributed by atoms with van der Waals surface area (Å²) in [4.78, 5) is 12.4. The molecule has 2 N–H and O–H groups in total. The van der Waals surface area contributed by atoms with Crippen molar-refractivity contribution in [3.8, 4) is 0 Å². The highest BCUT2D eigenvalue weighted by molar-refractivity contribution is 5.87. The van der Waals surface area contributed by atoms with Gasteiger partial charge in [0.2, 0.25) is 0 Å². The van der Waals surface area contributed by atoms with Crippen LogP contribution in [0.5, 0.6) is 0 Å². The molecular formula is C19H26O3. The number of Topliss-reactive ketones (excluding diaryl/α,β-unsaturated/α-hetero) is 1. The number of hydrogen-bond acceptors (Lipinski definition) is 3. The zero-order chi connectivity index (χ0) is 15.7. The van der Waals surface area contributed by atoms with Crippen LogP contribution in [0.4, 0.5) is 0 Å². The Morgan fingerprint density at radius 2 is 1.95 bits per heavy atom. The summed E-state index contributed by atoms with van der Waals surface area (Å²) in [5.74, 6) is 1.38. The van der Waals surface area contributed by atoms with Gasteiger partial charge in [-0.2, -0.15) is 0 Å². The molecule has 0 aromatic carbocycles. The largest absolute Gasteiger partial charge is 0.393 e. The van der Waals surface area contributed by atoms with Crippen LogP contribution in [0.25, 0.3) is 0 Å². The fraction of sp³-hybridized carbons (Fsp3) is 0.737. The van der Waals surface area contributed by atoms with Gasteiger partial charge in [-0.1, -0.05) is 37.6 Å². The van der Waals surface area contributed by atoms with Gasteiger partial charge in [-0.15, -0.1) is 0 Å². The normalized spacial score (nSPS) is 53.5. The summed E-state index contributed by atoms with van der Waals surface area (Å²) in [6.07, 6.45) is 9.33. The second kappa shape index (κ2) is 4.55. The molecular weight excluding hydrogens is 276 g/mol. The van der Waals surface area contributed by atoms with E-state index in [0.717, 1.165) is 19.3 Å². The Bertz CT molecular complexity index is 577. The Morgan fingerprint density at radius 3 is 2.73 bits per heavy atom. The first-order valence-electron chi connectivity index (χ1n) is 8.66. The summed E-state index contributed by atoms with van der Waals surface area (Å²) in [5, 5.41) is 20.8. The van der Waals surface area contributed by atoms with Crippen LogP contribution in [0.1, 0.15) is 46.0 Å². The van der Waals surface area contributed by atoms with Gasteiger partial charge in [-0.25, -0.2) is 0 Å². The average molecular weight is 302 g/mol. The zero-order valence-electron chi connectivity index (χ0n) is 13.5. The third-order valence-electron chi connectivity index (χ3n) is 7.31. The van der Waals surface area contributed by atoms with E-state index >= 15 is 0 Å². The van der Waals surface area contributed by atoms with Gasteiger partial charge in [0, 0.05) is 23.2 Å². The maximum atomic E-state index is 12.4. The SMILES string of the molecule is C[C@]12C=CC(O)C=C1CCC1C2[C@@H](O)C[C@]2(C)C(=O)CCC12. The number of fused-ring (bicyclic) bond motifs is 5. The van der Waals surface area contributed by atoms with Crippen molar-refractivity contribution < 1.29 is 15.0 Å². The minimum absolute atomic E-state index is 0.158. The van der Waals surface area contributed by atoms with Crippen molar-refractivity contribution in [1.82, 2.24) is 0 Å². The lowest BCUT2D eigenvalue weighted by Crippen LogP contribution is -2.56. The molecule has 3 nitrogen and oxygen atoms in total. The van der Waals surface area contributed by atoms with Crippen molar-refractivity contribution >= 4 is 5.78 Å².